The van der Waals surface area contributed by atoms with E-state index >= 15 is 0 Å². The maximum Gasteiger partial charge on any atom is 0.317 e. The van der Waals surface area contributed by atoms with Gasteiger partial charge in [0.2, 0.25) is 0 Å². The third-order valence-corrected chi connectivity index (χ3v) is 16.0. The van der Waals surface area contributed by atoms with Crippen LogP contribution in [0.2, 0.25) is 0 Å². The van der Waals surface area contributed by atoms with Crippen molar-refractivity contribution in [3.8, 4) is 0 Å². The summed E-state index contributed by atoms with van der Waals surface area (Å²) in [6, 6.07) is 0. The lowest BCUT2D eigenvalue weighted by molar-refractivity contribution is -0.140. The molecule has 0 aliphatic heterocycles. The topological polar surface area (TPSA) is 542 Å². The molecule has 0 radical (unpaired) electrons. The molecule has 116 heavy (non-hydrogen) atoms. The second-order valence-electron chi connectivity index (χ2n) is 28.7. The minimum atomic E-state index is -1.07. The molecule has 0 aliphatic carbocycles. The molecule has 0 rings (SSSR count). The van der Waals surface area contributed by atoms with Crippen LogP contribution in [0.3, 0.4) is 0 Å². The van der Waals surface area contributed by atoms with Gasteiger partial charge in [-0.25, -0.2) is 0 Å². The van der Waals surface area contributed by atoms with Crippen molar-refractivity contribution in [1.29, 1.82) is 0 Å². The van der Waals surface area contributed by atoms with Gasteiger partial charge >= 0.3 is 47.8 Å². The fraction of sp³-hybridized carbons (Fsp3) is 0.737. The lowest BCUT2D eigenvalue weighted by atomic mass is 10.2. The maximum absolute atomic E-state index is 11.9. The van der Waals surface area contributed by atoms with Crippen LogP contribution in [0.15, 0.2) is 0 Å². The molecule has 0 saturated carbocycles. The molecular formula is C76H132N12O28. The molecule has 0 saturated heterocycles. The predicted octanol–water partition coefficient (Wildman–Crippen LogP) is -1.56. The second-order valence-corrected chi connectivity index (χ2v) is 28.7. The molecule has 0 unspecified atom stereocenters. The summed E-state index contributed by atoms with van der Waals surface area (Å²) in [6.07, 6.45) is 4.54. The Morgan fingerprint density at radius 1 is 0.155 bits per heavy atom. The van der Waals surface area contributed by atoms with Crippen molar-refractivity contribution in [1.82, 2.24) is 58.8 Å². The van der Waals surface area contributed by atoms with Gasteiger partial charge in [0.1, 0.15) is 69.4 Å². The van der Waals surface area contributed by atoms with Crippen molar-refractivity contribution in [3.05, 3.63) is 0 Å². The summed E-state index contributed by atoms with van der Waals surface area (Å²) in [7, 11) is 0. The molecule has 0 spiro atoms. The van der Waals surface area contributed by atoms with Crippen molar-refractivity contribution in [2.75, 3.05) is 236 Å². The van der Waals surface area contributed by atoms with Crippen LogP contribution in [0.5, 0.6) is 0 Å². The van der Waals surface area contributed by atoms with Crippen LogP contribution in [0.25, 0.3) is 0 Å². The van der Waals surface area contributed by atoms with Gasteiger partial charge in [-0.15, -0.1) is 0 Å². The Labute approximate surface area is 680 Å². The lowest BCUT2D eigenvalue weighted by Crippen LogP contribution is -2.45. The summed E-state index contributed by atoms with van der Waals surface area (Å²) in [6.45, 7) is 21.5. The molecule has 0 heterocycles. The van der Waals surface area contributed by atoms with E-state index < -0.39 is 47.8 Å². The first-order valence-corrected chi connectivity index (χ1v) is 38.6. The number of aliphatic carboxylic acids is 8. The average Bonchev–Trinajstić information content (AvgIpc) is 0.928. The van der Waals surface area contributed by atoms with Crippen molar-refractivity contribution in [3.63, 3.8) is 0 Å². The van der Waals surface area contributed by atoms with Gasteiger partial charge in [-0.1, -0.05) is 27.7 Å². The number of hydrogen-bond acceptors (Lipinski definition) is 32. The van der Waals surface area contributed by atoms with E-state index in [1.807, 2.05) is 27.7 Å². The van der Waals surface area contributed by atoms with Gasteiger partial charge in [0.05, 0.1) is 131 Å². The molecule has 664 valence electrons. The van der Waals surface area contributed by atoms with Gasteiger partial charge < -0.3 is 40.9 Å². The predicted molar refractivity (Wildman–Crippen MR) is 423 cm³/mol. The monoisotopic (exact) mass is 1660 g/mol. The van der Waals surface area contributed by atoms with Crippen LogP contribution in [-0.4, -0.2) is 452 Å². The first-order chi connectivity index (χ1) is 54.1. The van der Waals surface area contributed by atoms with Crippen molar-refractivity contribution >= 4 is 117 Å². The van der Waals surface area contributed by atoms with Crippen LogP contribution in [0.4, 0.5) is 0 Å². The van der Waals surface area contributed by atoms with E-state index in [0.29, 0.717) is 104 Å². The van der Waals surface area contributed by atoms with Crippen LogP contribution in [-0.2, 0) is 95.9 Å². The van der Waals surface area contributed by atoms with Gasteiger partial charge in [-0.2, -0.15) is 0 Å². The van der Waals surface area contributed by atoms with E-state index in [-0.39, 0.29) is 253 Å². The van der Waals surface area contributed by atoms with Crippen LogP contribution in [0.1, 0.15) is 134 Å². The summed E-state index contributed by atoms with van der Waals surface area (Å²) in [5.41, 5.74) is 0. The summed E-state index contributed by atoms with van der Waals surface area (Å²) in [5.74, 6) is -9.45. The van der Waals surface area contributed by atoms with Crippen LogP contribution < -0.4 is 0 Å². The van der Waals surface area contributed by atoms with E-state index in [9.17, 15) is 95.9 Å². The van der Waals surface area contributed by atoms with Crippen molar-refractivity contribution in [2.24, 2.45) is 0 Å². The zero-order valence-electron chi connectivity index (χ0n) is 70.2. The van der Waals surface area contributed by atoms with Crippen molar-refractivity contribution < 1.29 is 137 Å². The molecule has 0 bridgehead atoms. The van der Waals surface area contributed by atoms with E-state index in [1.165, 1.54) is 75.0 Å². The summed E-state index contributed by atoms with van der Waals surface area (Å²) < 4.78 is 0. The Balaban J connectivity index is -0.000000721. The molecule has 0 atom stereocenters. The van der Waals surface area contributed by atoms with Gasteiger partial charge in [-0.05, 0) is 81.1 Å². The Bertz CT molecular complexity index is 2660. The van der Waals surface area contributed by atoms with E-state index in [4.69, 9.17) is 40.9 Å². The second kappa shape index (κ2) is 68.4. The third kappa shape index (κ3) is 75.4. The zero-order chi connectivity index (χ0) is 89.6. The smallest absolute Gasteiger partial charge is 0.317 e. The number of nitrogens with zero attached hydrogens (tertiary/aromatic N) is 12. The van der Waals surface area contributed by atoms with E-state index in [2.05, 4.69) is 0 Å². The first kappa shape index (κ1) is 114. The van der Waals surface area contributed by atoms with Gasteiger partial charge in [0, 0.05) is 130 Å². The van der Waals surface area contributed by atoms with Gasteiger partial charge in [0.15, 0.2) is 0 Å². The average molecular weight is 1660 g/mol. The van der Waals surface area contributed by atoms with Crippen LogP contribution in [0, 0.1) is 0 Å². The summed E-state index contributed by atoms with van der Waals surface area (Å²) in [4.78, 5) is 246. The fourth-order valence-corrected chi connectivity index (χ4v) is 11.5. The van der Waals surface area contributed by atoms with Crippen molar-refractivity contribution in [2.45, 2.75) is 134 Å². The highest BCUT2D eigenvalue weighted by Crippen LogP contribution is 2.06. The number of ketones is 12. The molecule has 40 heteroatoms. The Hall–Kier alpha value is -8.68. The molecule has 8 N–H and O–H groups in total. The largest absolute Gasteiger partial charge is 0.480 e. The SMILES string of the molecule is CCCC(=O)CN(CCN(CCN(CC(C)=O)CC(=O)O)CC(=O)O)CC(C)=O.CCCC(=O)CN(CCN(CCN(CC(C)=O)CC(=O)O)CC(=O)O)CC(C)=O.CCCC(=O)CN(CCN(CCN(CC(C)=O)CC(=O)O)CC(=O)O)CC(C)=O.CCCC(=O)CN(CCN(CCN(CC(C)=O)CC(=O)O)CC(=O)O)CC(C)=O. The Kier molecular flexibility index (Phi) is 67.0. The van der Waals surface area contributed by atoms with Gasteiger partial charge in [0.25, 0.3) is 0 Å². The molecule has 0 aromatic rings. The third-order valence-electron chi connectivity index (χ3n) is 16.0. The Morgan fingerprint density at radius 2 is 0.250 bits per heavy atom. The number of carboxylic acids is 8. The number of carbonyl (C=O) groups excluding carboxylic acids is 12. The molecule has 0 aliphatic rings. The number of carboxylic acid groups (broad SMARTS) is 8. The maximum atomic E-state index is 11.9. The zero-order valence-corrected chi connectivity index (χ0v) is 70.2. The number of hydrogen-bond donors (Lipinski definition) is 8. The van der Waals surface area contributed by atoms with E-state index in [1.54, 1.807) is 39.2 Å². The molecular weight excluding hydrogens is 1530 g/mol. The lowest BCUT2D eigenvalue weighted by Gasteiger charge is -2.28. The Morgan fingerprint density at radius 3 is 0.345 bits per heavy atom. The van der Waals surface area contributed by atoms with E-state index in [0.717, 1.165) is 0 Å². The highest BCUT2D eigenvalue weighted by atomic mass is 16.4. The number of rotatable bonds is 72. The normalized spacial score (nSPS) is 11.2. The first-order valence-electron chi connectivity index (χ1n) is 38.6. The molecule has 0 aromatic heterocycles. The number of carbonyl (C=O) groups is 20. The summed E-state index contributed by atoms with van der Waals surface area (Å²) >= 11 is 0. The van der Waals surface area contributed by atoms with Gasteiger partial charge in [-0.3, -0.25) is 155 Å². The van der Waals surface area contributed by atoms with Crippen LogP contribution >= 0.6 is 0 Å². The molecule has 0 aromatic carbocycles. The standard InChI is InChI=1S/4C19H33N3O7/c4*1-4-5-17(25)12-21(10-15(2)23)8-6-20(13-18(26)27)7-9-22(11-16(3)24)14-19(28)29/h4*4-14H2,1-3H3,(H,26,27)(H,28,29). The molecule has 40 nitrogen and oxygen atoms in total. The minimum absolute atomic E-state index is 0.0210. The molecule has 0 amide bonds. The highest BCUT2D eigenvalue weighted by molar-refractivity contribution is 5.85. The number of Topliss-reactive ketones (excluding diaryl/α,β-unsaturated/α-hetero) is 12. The summed E-state index contributed by atoms with van der Waals surface area (Å²) in [5, 5.41) is 72.4. The molecule has 0 fully saturated rings. The quantitative estimate of drug-likeness (QED) is 0.0341. The highest BCUT2D eigenvalue weighted by Gasteiger charge is 2.25. The fourth-order valence-electron chi connectivity index (χ4n) is 11.5. The minimum Gasteiger partial charge on any atom is -0.480 e.